The summed E-state index contributed by atoms with van der Waals surface area (Å²) in [5.74, 6) is 0.244. The minimum Gasteiger partial charge on any atom is -0.394 e. The van der Waals surface area contributed by atoms with Crippen LogP contribution in [0.3, 0.4) is 0 Å². The van der Waals surface area contributed by atoms with E-state index in [0.29, 0.717) is 0 Å². The monoisotopic (exact) mass is 171 g/mol. The van der Waals surface area contributed by atoms with Gasteiger partial charge in [0.2, 0.25) is 5.91 Å². The molecular weight excluding hydrogens is 154 g/mol. The van der Waals surface area contributed by atoms with Gasteiger partial charge in [-0.2, -0.15) is 0 Å². The molecule has 3 heteroatoms. The second kappa shape index (κ2) is 3.05. The van der Waals surface area contributed by atoms with E-state index >= 15 is 0 Å². The van der Waals surface area contributed by atoms with Crippen LogP contribution in [0.1, 0.15) is 27.2 Å². The van der Waals surface area contributed by atoms with Gasteiger partial charge in [-0.05, 0) is 18.8 Å². The SMILES string of the molecule is C[C@@H](CO)NC(=O)C1CC1(C)C. The van der Waals surface area contributed by atoms with E-state index < -0.39 is 0 Å². The number of aliphatic hydroxyl groups excluding tert-OH is 1. The highest BCUT2D eigenvalue weighted by Crippen LogP contribution is 2.51. The van der Waals surface area contributed by atoms with Gasteiger partial charge in [-0.15, -0.1) is 0 Å². The predicted molar refractivity (Wildman–Crippen MR) is 46.6 cm³/mol. The molecule has 12 heavy (non-hydrogen) atoms. The molecule has 2 N–H and O–H groups in total. The van der Waals surface area contributed by atoms with E-state index in [1.807, 2.05) is 0 Å². The Bertz CT molecular complexity index is 189. The molecule has 2 atom stereocenters. The van der Waals surface area contributed by atoms with E-state index in [1.165, 1.54) is 0 Å². The van der Waals surface area contributed by atoms with Crippen LogP contribution in [0, 0.1) is 11.3 Å². The summed E-state index contributed by atoms with van der Waals surface area (Å²) in [7, 11) is 0. The molecule has 0 aromatic carbocycles. The quantitative estimate of drug-likeness (QED) is 0.650. The minimum absolute atomic E-state index is 0.0128. The number of hydrogen-bond donors (Lipinski definition) is 2. The van der Waals surface area contributed by atoms with Crippen molar-refractivity contribution in [3.63, 3.8) is 0 Å². The first kappa shape index (κ1) is 9.52. The summed E-state index contributed by atoms with van der Waals surface area (Å²) in [5, 5.41) is 11.5. The van der Waals surface area contributed by atoms with Crippen molar-refractivity contribution in [2.45, 2.75) is 33.2 Å². The van der Waals surface area contributed by atoms with Crippen LogP contribution >= 0.6 is 0 Å². The molecule has 1 aliphatic rings. The van der Waals surface area contributed by atoms with Gasteiger partial charge in [0, 0.05) is 12.0 Å². The standard InChI is InChI=1S/C9H17NO2/c1-6(5-11)10-8(12)7-4-9(7,2)3/h6-7,11H,4-5H2,1-3H3,(H,10,12)/t6-,7?/m0/s1. The lowest BCUT2D eigenvalue weighted by Gasteiger charge is -2.11. The summed E-state index contributed by atoms with van der Waals surface area (Å²) in [6.07, 6.45) is 0.969. The third-order valence-electron chi connectivity index (χ3n) is 2.49. The van der Waals surface area contributed by atoms with Gasteiger partial charge in [0.05, 0.1) is 6.61 Å². The zero-order chi connectivity index (χ0) is 9.35. The molecule has 0 aliphatic heterocycles. The lowest BCUT2D eigenvalue weighted by molar-refractivity contribution is -0.123. The van der Waals surface area contributed by atoms with E-state index in [4.69, 9.17) is 5.11 Å². The molecule has 1 aliphatic carbocycles. The van der Waals surface area contributed by atoms with E-state index in [2.05, 4.69) is 19.2 Å². The van der Waals surface area contributed by atoms with Gasteiger partial charge in [0.25, 0.3) is 0 Å². The average Bonchev–Trinajstić information content (AvgIpc) is 2.59. The third-order valence-corrected chi connectivity index (χ3v) is 2.49. The molecule has 1 rings (SSSR count). The van der Waals surface area contributed by atoms with Crippen molar-refractivity contribution < 1.29 is 9.90 Å². The van der Waals surface area contributed by atoms with Crippen molar-refractivity contribution in [2.75, 3.05) is 6.61 Å². The van der Waals surface area contributed by atoms with Crippen LogP contribution in [0.4, 0.5) is 0 Å². The Labute approximate surface area is 73.2 Å². The van der Waals surface area contributed by atoms with Gasteiger partial charge in [0.15, 0.2) is 0 Å². The molecule has 1 saturated carbocycles. The maximum absolute atomic E-state index is 11.4. The first-order valence-electron chi connectivity index (χ1n) is 4.38. The highest BCUT2D eigenvalue weighted by molar-refractivity contribution is 5.82. The molecule has 0 radical (unpaired) electrons. The van der Waals surface area contributed by atoms with Gasteiger partial charge in [-0.1, -0.05) is 13.8 Å². The van der Waals surface area contributed by atoms with E-state index in [9.17, 15) is 4.79 Å². The molecule has 70 valence electrons. The number of rotatable bonds is 3. The van der Waals surface area contributed by atoms with Crippen LogP contribution < -0.4 is 5.32 Å². The van der Waals surface area contributed by atoms with E-state index in [-0.39, 0.29) is 29.9 Å². The molecule has 0 saturated heterocycles. The summed E-state index contributed by atoms with van der Waals surface area (Å²) in [6, 6.07) is -0.117. The van der Waals surface area contributed by atoms with Gasteiger partial charge in [0.1, 0.15) is 0 Å². The average molecular weight is 171 g/mol. The van der Waals surface area contributed by atoms with Gasteiger partial charge in [-0.3, -0.25) is 4.79 Å². The first-order valence-corrected chi connectivity index (χ1v) is 4.38. The Morgan fingerprint density at radius 3 is 2.58 bits per heavy atom. The number of aliphatic hydroxyl groups is 1. The van der Waals surface area contributed by atoms with E-state index in [0.717, 1.165) is 6.42 Å². The zero-order valence-electron chi connectivity index (χ0n) is 7.92. The van der Waals surface area contributed by atoms with Crippen LogP contribution in [-0.2, 0) is 4.79 Å². The summed E-state index contributed by atoms with van der Waals surface area (Å²) < 4.78 is 0. The maximum atomic E-state index is 11.4. The topological polar surface area (TPSA) is 49.3 Å². The number of carbonyl (C=O) groups excluding carboxylic acids is 1. The lowest BCUT2D eigenvalue weighted by atomic mass is 10.1. The number of carbonyl (C=O) groups is 1. The summed E-state index contributed by atoms with van der Waals surface area (Å²) in [5.41, 5.74) is 0.180. The molecule has 0 heterocycles. The first-order chi connectivity index (χ1) is 5.47. The molecule has 0 aromatic rings. The fraction of sp³-hybridized carbons (Fsp3) is 0.889. The smallest absolute Gasteiger partial charge is 0.223 e. The highest BCUT2D eigenvalue weighted by Gasteiger charge is 2.50. The fourth-order valence-corrected chi connectivity index (χ4v) is 1.30. The molecule has 0 spiro atoms. The third kappa shape index (κ3) is 1.97. The normalized spacial score (nSPS) is 27.8. The van der Waals surface area contributed by atoms with Gasteiger partial charge in [-0.25, -0.2) is 0 Å². The molecular formula is C9H17NO2. The Hall–Kier alpha value is -0.570. The van der Waals surface area contributed by atoms with E-state index in [1.54, 1.807) is 6.92 Å². The second-order valence-corrected chi connectivity index (χ2v) is 4.34. The Morgan fingerprint density at radius 2 is 2.25 bits per heavy atom. The Morgan fingerprint density at radius 1 is 1.75 bits per heavy atom. The number of hydrogen-bond acceptors (Lipinski definition) is 2. The van der Waals surface area contributed by atoms with Crippen LogP contribution in [0.25, 0.3) is 0 Å². The molecule has 1 amide bonds. The zero-order valence-corrected chi connectivity index (χ0v) is 7.92. The van der Waals surface area contributed by atoms with Crippen molar-refractivity contribution in [2.24, 2.45) is 11.3 Å². The molecule has 0 bridgehead atoms. The second-order valence-electron chi connectivity index (χ2n) is 4.34. The van der Waals surface area contributed by atoms with Crippen LogP contribution in [0.2, 0.25) is 0 Å². The highest BCUT2D eigenvalue weighted by atomic mass is 16.3. The molecule has 0 aromatic heterocycles. The van der Waals surface area contributed by atoms with Crippen molar-refractivity contribution in [3.05, 3.63) is 0 Å². The Balaban J connectivity index is 2.32. The van der Waals surface area contributed by atoms with Crippen molar-refractivity contribution in [1.29, 1.82) is 0 Å². The Kier molecular flexibility index (Phi) is 2.42. The van der Waals surface area contributed by atoms with Crippen LogP contribution in [0.15, 0.2) is 0 Å². The lowest BCUT2D eigenvalue weighted by Crippen LogP contribution is -2.36. The van der Waals surface area contributed by atoms with Crippen LogP contribution in [0.5, 0.6) is 0 Å². The minimum atomic E-state index is -0.117. The summed E-state index contributed by atoms with van der Waals surface area (Å²) in [4.78, 5) is 11.4. The van der Waals surface area contributed by atoms with Crippen molar-refractivity contribution in [3.8, 4) is 0 Å². The fourth-order valence-electron chi connectivity index (χ4n) is 1.30. The van der Waals surface area contributed by atoms with Gasteiger partial charge < -0.3 is 10.4 Å². The maximum Gasteiger partial charge on any atom is 0.223 e. The van der Waals surface area contributed by atoms with Crippen molar-refractivity contribution in [1.82, 2.24) is 5.32 Å². The number of amides is 1. The van der Waals surface area contributed by atoms with Gasteiger partial charge >= 0.3 is 0 Å². The van der Waals surface area contributed by atoms with Crippen LogP contribution in [-0.4, -0.2) is 23.7 Å². The van der Waals surface area contributed by atoms with Crippen molar-refractivity contribution >= 4 is 5.91 Å². The molecule has 1 fully saturated rings. The molecule has 1 unspecified atom stereocenters. The largest absolute Gasteiger partial charge is 0.394 e. The molecule has 3 nitrogen and oxygen atoms in total. The predicted octanol–water partition coefficient (Wildman–Crippen LogP) is 0.529. The summed E-state index contributed by atoms with van der Waals surface area (Å²) in [6.45, 7) is 5.98. The number of nitrogens with one attached hydrogen (secondary N) is 1. The summed E-state index contributed by atoms with van der Waals surface area (Å²) >= 11 is 0.